The average molecular weight is 278 g/mol. The molecule has 0 saturated heterocycles. The molecule has 2 aromatic rings. The topological polar surface area (TPSA) is 108 Å². The molecule has 2 aromatic heterocycles. The fourth-order valence-corrected chi connectivity index (χ4v) is 1.64. The highest BCUT2D eigenvalue weighted by molar-refractivity contribution is 5.75. The van der Waals surface area contributed by atoms with Crippen molar-refractivity contribution in [2.75, 3.05) is 0 Å². The molecule has 0 atom stereocenters. The summed E-state index contributed by atoms with van der Waals surface area (Å²) in [6.45, 7) is 0.694. The van der Waals surface area contributed by atoms with E-state index < -0.39 is 4.92 Å². The Morgan fingerprint density at radius 3 is 2.90 bits per heavy atom. The molecule has 0 radical (unpaired) electrons. The molecule has 0 saturated carbocycles. The van der Waals surface area contributed by atoms with Gasteiger partial charge >= 0.3 is 5.82 Å². The van der Waals surface area contributed by atoms with Crippen LogP contribution in [0.5, 0.6) is 0 Å². The van der Waals surface area contributed by atoms with Crippen LogP contribution in [0.1, 0.15) is 12.1 Å². The zero-order valence-electron chi connectivity index (χ0n) is 10.9. The molecule has 0 aromatic carbocycles. The lowest BCUT2D eigenvalue weighted by molar-refractivity contribution is -0.389. The van der Waals surface area contributed by atoms with Crippen molar-refractivity contribution in [2.24, 2.45) is 7.05 Å². The molecule has 9 heteroatoms. The largest absolute Gasteiger partial charge is 0.389 e. The van der Waals surface area contributed by atoms with Crippen molar-refractivity contribution in [3.8, 4) is 0 Å². The maximum atomic E-state index is 11.6. The number of nitrogens with zero attached hydrogens (tertiary/aromatic N) is 5. The van der Waals surface area contributed by atoms with E-state index in [1.54, 1.807) is 17.9 Å². The number of aryl methyl sites for hydroxylation is 2. The predicted octanol–water partition coefficient (Wildman–Crippen LogP) is 0.231. The quantitative estimate of drug-likeness (QED) is 0.601. The lowest BCUT2D eigenvalue weighted by Gasteiger charge is -2.04. The average Bonchev–Trinajstić information content (AvgIpc) is 3.03. The Labute approximate surface area is 114 Å². The van der Waals surface area contributed by atoms with Crippen LogP contribution in [-0.4, -0.2) is 30.4 Å². The van der Waals surface area contributed by atoms with E-state index in [2.05, 4.69) is 15.5 Å². The summed E-state index contributed by atoms with van der Waals surface area (Å²) in [5.41, 5.74) is 0.896. The summed E-state index contributed by atoms with van der Waals surface area (Å²) < 4.78 is 3.05. The molecule has 2 rings (SSSR count). The highest BCUT2D eigenvalue weighted by Gasteiger charge is 2.11. The zero-order chi connectivity index (χ0) is 14.5. The molecule has 0 bridgehead atoms. The summed E-state index contributed by atoms with van der Waals surface area (Å²) in [6.07, 6.45) is 3.34. The van der Waals surface area contributed by atoms with E-state index in [1.165, 1.54) is 16.9 Å². The molecule has 0 unspecified atom stereocenters. The van der Waals surface area contributed by atoms with Gasteiger partial charge in [-0.3, -0.25) is 9.48 Å². The summed E-state index contributed by atoms with van der Waals surface area (Å²) in [5.74, 6) is -0.371. The van der Waals surface area contributed by atoms with E-state index >= 15 is 0 Å². The maximum absolute atomic E-state index is 11.6. The van der Waals surface area contributed by atoms with Gasteiger partial charge < -0.3 is 15.4 Å². The van der Waals surface area contributed by atoms with Crippen LogP contribution in [-0.2, 0) is 24.9 Å². The molecule has 0 fully saturated rings. The minimum absolute atomic E-state index is 0.149. The second-order valence-corrected chi connectivity index (χ2v) is 4.17. The first-order valence-corrected chi connectivity index (χ1v) is 5.97. The van der Waals surface area contributed by atoms with Gasteiger partial charge in [0, 0.05) is 19.7 Å². The molecule has 2 heterocycles. The van der Waals surface area contributed by atoms with Crippen LogP contribution in [0.25, 0.3) is 0 Å². The Bertz CT molecular complexity index is 617. The van der Waals surface area contributed by atoms with Gasteiger partial charge in [-0.1, -0.05) is 0 Å². The third-order valence-corrected chi connectivity index (χ3v) is 2.77. The molecule has 20 heavy (non-hydrogen) atoms. The maximum Gasteiger partial charge on any atom is 0.389 e. The molecule has 0 aliphatic rings. The van der Waals surface area contributed by atoms with Crippen LogP contribution in [0.2, 0.25) is 0 Å². The number of hydrogen-bond donors (Lipinski definition) is 1. The summed E-state index contributed by atoms with van der Waals surface area (Å²) in [6, 6.07) is 3.12. The number of nitrogens with one attached hydrogen (secondary N) is 1. The molecule has 1 amide bonds. The SMILES string of the molecule is Cn1nccc1CNC(=O)CCn1ccc([N+](=O)[O-])n1. The van der Waals surface area contributed by atoms with E-state index in [0.717, 1.165) is 5.69 Å². The van der Waals surface area contributed by atoms with Crippen LogP contribution < -0.4 is 5.32 Å². The molecular formula is C11H14N6O3. The Kier molecular flexibility index (Phi) is 4.08. The van der Waals surface area contributed by atoms with Gasteiger partial charge in [0.25, 0.3) is 0 Å². The third kappa shape index (κ3) is 3.40. The van der Waals surface area contributed by atoms with Gasteiger partial charge in [-0.2, -0.15) is 9.78 Å². The Balaban J connectivity index is 1.77. The van der Waals surface area contributed by atoms with Crippen LogP contribution in [0.3, 0.4) is 0 Å². The van der Waals surface area contributed by atoms with Gasteiger partial charge in [0.15, 0.2) is 0 Å². The van der Waals surface area contributed by atoms with Crippen LogP contribution in [0, 0.1) is 10.1 Å². The van der Waals surface area contributed by atoms with Gasteiger partial charge in [0.1, 0.15) is 0 Å². The first-order chi connectivity index (χ1) is 9.56. The van der Waals surface area contributed by atoms with Crippen molar-refractivity contribution in [3.05, 3.63) is 40.3 Å². The van der Waals surface area contributed by atoms with Crippen molar-refractivity contribution in [3.63, 3.8) is 0 Å². The minimum atomic E-state index is -0.570. The second-order valence-electron chi connectivity index (χ2n) is 4.17. The van der Waals surface area contributed by atoms with Crippen molar-refractivity contribution >= 4 is 11.7 Å². The van der Waals surface area contributed by atoms with Crippen LogP contribution in [0.15, 0.2) is 24.5 Å². The summed E-state index contributed by atoms with van der Waals surface area (Å²) in [4.78, 5) is 21.5. The fourth-order valence-electron chi connectivity index (χ4n) is 1.64. The molecule has 1 N–H and O–H groups in total. The summed E-state index contributed by atoms with van der Waals surface area (Å²) in [7, 11) is 1.80. The number of carbonyl (C=O) groups is 1. The number of carbonyl (C=O) groups excluding carboxylic acids is 1. The number of aromatic nitrogens is 4. The normalized spacial score (nSPS) is 10.4. The fraction of sp³-hybridized carbons (Fsp3) is 0.364. The number of hydrogen-bond acceptors (Lipinski definition) is 5. The predicted molar refractivity (Wildman–Crippen MR) is 68.6 cm³/mol. The lowest BCUT2D eigenvalue weighted by atomic mass is 10.3. The third-order valence-electron chi connectivity index (χ3n) is 2.77. The van der Waals surface area contributed by atoms with Gasteiger partial charge in [0.05, 0.1) is 36.1 Å². The van der Waals surface area contributed by atoms with Gasteiger partial charge in [-0.25, -0.2) is 0 Å². The molecule has 106 valence electrons. The first-order valence-electron chi connectivity index (χ1n) is 5.97. The number of rotatable bonds is 6. The van der Waals surface area contributed by atoms with E-state index in [9.17, 15) is 14.9 Å². The number of nitro groups is 1. The Hall–Kier alpha value is -2.71. The van der Waals surface area contributed by atoms with Crippen molar-refractivity contribution in [1.29, 1.82) is 0 Å². The monoisotopic (exact) mass is 278 g/mol. The van der Waals surface area contributed by atoms with Crippen molar-refractivity contribution in [2.45, 2.75) is 19.5 Å². The summed E-state index contributed by atoms with van der Waals surface area (Å²) in [5, 5.41) is 20.9. The smallest absolute Gasteiger partial charge is 0.358 e. The Morgan fingerprint density at radius 2 is 2.30 bits per heavy atom. The molecule has 0 aliphatic carbocycles. The molecule has 9 nitrogen and oxygen atoms in total. The molecule has 0 aliphatic heterocycles. The number of amides is 1. The van der Waals surface area contributed by atoms with Gasteiger partial charge in [-0.15, -0.1) is 0 Å². The van der Waals surface area contributed by atoms with E-state index in [-0.39, 0.29) is 18.1 Å². The van der Waals surface area contributed by atoms with E-state index in [1.807, 2.05) is 6.07 Å². The van der Waals surface area contributed by atoms with Crippen LogP contribution in [0.4, 0.5) is 5.82 Å². The highest BCUT2D eigenvalue weighted by Crippen LogP contribution is 2.05. The highest BCUT2D eigenvalue weighted by atomic mass is 16.6. The van der Waals surface area contributed by atoms with E-state index in [0.29, 0.717) is 13.1 Å². The summed E-state index contributed by atoms with van der Waals surface area (Å²) >= 11 is 0. The first kappa shape index (κ1) is 13.7. The molecule has 0 spiro atoms. The van der Waals surface area contributed by atoms with Crippen molar-refractivity contribution in [1.82, 2.24) is 24.9 Å². The van der Waals surface area contributed by atoms with E-state index in [4.69, 9.17) is 0 Å². The standard InChI is InChI=1S/C11H14N6O3/c1-15-9(2-5-13-15)8-12-11(18)4-7-16-6-3-10(14-16)17(19)20/h2-3,5-6H,4,7-8H2,1H3,(H,12,18). The molecular weight excluding hydrogens is 264 g/mol. The van der Waals surface area contributed by atoms with Gasteiger partial charge in [-0.05, 0) is 11.0 Å². The van der Waals surface area contributed by atoms with Crippen LogP contribution >= 0.6 is 0 Å². The Morgan fingerprint density at radius 1 is 1.50 bits per heavy atom. The lowest BCUT2D eigenvalue weighted by Crippen LogP contribution is -2.25. The minimum Gasteiger partial charge on any atom is -0.358 e. The second kappa shape index (κ2) is 5.95. The van der Waals surface area contributed by atoms with Gasteiger partial charge in [0.2, 0.25) is 5.91 Å². The zero-order valence-corrected chi connectivity index (χ0v) is 10.9. The van der Waals surface area contributed by atoms with Crippen molar-refractivity contribution < 1.29 is 9.72 Å².